The molecule has 1 aromatic rings. The maximum atomic E-state index is 12.8. The molecule has 0 aromatic carbocycles. The molecule has 1 N–H and O–H groups in total. The summed E-state index contributed by atoms with van der Waals surface area (Å²) in [6.07, 6.45) is 7.23. The molecule has 0 saturated carbocycles. The minimum absolute atomic E-state index is 0.0729. The molecule has 6 heteroatoms. The number of fused-ring (bicyclic) bond motifs is 1. The fourth-order valence-corrected chi connectivity index (χ4v) is 4.22. The number of nitrogens with zero attached hydrogens (tertiary/aromatic N) is 3. The standard InChI is InChI=1S/C20H34N4O2/c1-15(2)13-23-9-7-16(8-10-23)20(25)21-18-6-4-5-17-14-24(11-12-26-3)22-19(17)18/h14-16,18H,4-13H2,1-3H3,(H,21,25)/t18-/m0/s1. The van der Waals surface area contributed by atoms with E-state index >= 15 is 0 Å². The number of amides is 1. The highest BCUT2D eigenvalue weighted by Gasteiger charge is 2.30. The van der Waals surface area contributed by atoms with Crippen LogP contribution < -0.4 is 5.32 Å². The van der Waals surface area contributed by atoms with Gasteiger partial charge in [0.1, 0.15) is 0 Å². The molecule has 2 aliphatic rings. The molecule has 6 nitrogen and oxygen atoms in total. The Bertz CT molecular complexity index is 591. The lowest BCUT2D eigenvalue weighted by Gasteiger charge is -2.33. The minimum atomic E-state index is 0.0729. The molecule has 1 aliphatic heterocycles. The Hall–Kier alpha value is -1.40. The van der Waals surface area contributed by atoms with Gasteiger partial charge in [0, 0.05) is 25.8 Å². The van der Waals surface area contributed by atoms with E-state index in [0.29, 0.717) is 12.5 Å². The molecule has 0 bridgehead atoms. The van der Waals surface area contributed by atoms with Crippen LogP contribution in [0.3, 0.4) is 0 Å². The van der Waals surface area contributed by atoms with Gasteiger partial charge in [-0.05, 0) is 56.7 Å². The van der Waals surface area contributed by atoms with Crippen LogP contribution in [-0.2, 0) is 22.5 Å². The van der Waals surface area contributed by atoms with Crippen LogP contribution in [0, 0.1) is 11.8 Å². The number of ether oxygens (including phenoxy) is 1. The van der Waals surface area contributed by atoms with Gasteiger partial charge in [-0.25, -0.2) is 0 Å². The predicted octanol–water partition coefficient (Wildman–Crippen LogP) is 2.39. The minimum Gasteiger partial charge on any atom is -0.383 e. The summed E-state index contributed by atoms with van der Waals surface area (Å²) in [6.45, 7) is 9.15. The lowest BCUT2D eigenvalue weighted by atomic mass is 9.91. The van der Waals surface area contributed by atoms with Crippen molar-refractivity contribution in [1.82, 2.24) is 20.0 Å². The SMILES string of the molecule is COCCn1cc2c(n1)[C@@H](NC(=O)C1CCN(CC(C)C)CC1)CCC2. The molecule has 1 amide bonds. The lowest BCUT2D eigenvalue weighted by Crippen LogP contribution is -2.43. The molecule has 0 spiro atoms. The second-order valence-electron chi connectivity index (χ2n) is 8.22. The average molecular weight is 363 g/mol. The van der Waals surface area contributed by atoms with Crippen LogP contribution in [-0.4, -0.2) is 53.9 Å². The molecule has 146 valence electrons. The van der Waals surface area contributed by atoms with Gasteiger partial charge in [-0.1, -0.05) is 13.8 Å². The van der Waals surface area contributed by atoms with Crippen LogP contribution in [0.15, 0.2) is 6.20 Å². The van der Waals surface area contributed by atoms with Crippen LogP contribution in [0.2, 0.25) is 0 Å². The van der Waals surface area contributed by atoms with Gasteiger partial charge in [0.25, 0.3) is 0 Å². The molecule has 1 saturated heterocycles. The summed E-state index contributed by atoms with van der Waals surface area (Å²) in [6, 6.07) is 0.0729. The highest BCUT2D eigenvalue weighted by Crippen LogP contribution is 2.29. The number of aromatic nitrogens is 2. The molecule has 1 aromatic heterocycles. The number of carbonyl (C=O) groups excluding carboxylic acids is 1. The first kappa shape index (κ1) is 19.4. The van der Waals surface area contributed by atoms with Crippen molar-refractivity contribution in [2.24, 2.45) is 11.8 Å². The van der Waals surface area contributed by atoms with Crippen molar-refractivity contribution in [2.75, 3.05) is 33.4 Å². The number of rotatable bonds is 7. The third-order valence-electron chi connectivity index (χ3n) is 5.56. The molecule has 1 aliphatic carbocycles. The van der Waals surface area contributed by atoms with Crippen molar-refractivity contribution in [3.8, 4) is 0 Å². The molecule has 1 atom stereocenters. The second kappa shape index (κ2) is 9.00. The summed E-state index contributed by atoms with van der Waals surface area (Å²) in [5, 5.41) is 8.03. The van der Waals surface area contributed by atoms with Gasteiger partial charge in [-0.3, -0.25) is 9.48 Å². The molecule has 2 heterocycles. The predicted molar refractivity (Wildman–Crippen MR) is 102 cm³/mol. The fourth-order valence-electron chi connectivity index (χ4n) is 4.22. The van der Waals surface area contributed by atoms with Crippen LogP contribution in [0.1, 0.15) is 56.8 Å². The molecule has 26 heavy (non-hydrogen) atoms. The van der Waals surface area contributed by atoms with Gasteiger partial charge in [-0.2, -0.15) is 5.10 Å². The highest BCUT2D eigenvalue weighted by molar-refractivity contribution is 5.79. The number of hydrogen-bond acceptors (Lipinski definition) is 4. The van der Waals surface area contributed by atoms with Crippen molar-refractivity contribution >= 4 is 5.91 Å². The lowest BCUT2D eigenvalue weighted by molar-refractivity contribution is -0.127. The van der Waals surface area contributed by atoms with Gasteiger partial charge in [0.05, 0.1) is 24.9 Å². The van der Waals surface area contributed by atoms with Crippen molar-refractivity contribution < 1.29 is 9.53 Å². The topological polar surface area (TPSA) is 59.4 Å². The molecule has 0 radical (unpaired) electrons. The van der Waals surface area contributed by atoms with E-state index in [-0.39, 0.29) is 17.9 Å². The van der Waals surface area contributed by atoms with Crippen molar-refractivity contribution in [3.05, 3.63) is 17.5 Å². The van der Waals surface area contributed by atoms with Gasteiger partial charge in [-0.15, -0.1) is 0 Å². The Morgan fingerprint density at radius 3 is 2.81 bits per heavy atom. The number of hydrogen-bond donors (Lipinski definition) is 1. The number of likely N-dealkylation sites (tertiary alicyclic amines) is 1. The summed E-state index contributed by atoms with van der Waals surface area (Å²) in [5.74, 6) is 1.06. The summed E-state index contributed by atoms with van der Waals surface area (Å²) >= 11 is 0. The van der Waals surface area contributed by atoms with E-state index in [0.717, 1.165) is 64.0 Å². The number of piperidine rings is 1. The van der Waals surface area contributed by atoms with Gasteiger partial charge in [0.2, 0.25) is 5.91 Å². The Morgan fingerprint density at radius 2 is 2.12 bits per heavy atom. The van der Waals surface area contributed by atoms with E-state index in [9.17, 15) is 4.79 Å². The first-order chi connectivity index (χ1) is 12.6. The quantitative estimate of drug-likeness (QED) is 0.809. The van der Waals surface area contributed by atoms with Gasteiger partial charge >= 0.3 is 0 Å². The molecule has 3 rings (SSSR count). The Labute approximate surface area is 157 Å². The zero-order valence-corrected chi connectivity index (χ0v) is 16.5. The van der Waals surface area contributed by atoms with Crippen LogP contribution in [0.4, 0.5) is 0 Å². The molecular formula is C20H34N4O2. The van der Waals surface area contributed by atoms with Crippen molar-refractivity contribution in [3.63, 3.8) is 0 Å². The summed E-state index contributed by atoms with van der Waals surface area (Å²) in [4.78, 5) is 15.3. The van der Waals surface area contributed by atoms with E-state index in [1.807, 2.05) is 4.68 Å². The average Bonchev–Trinajstić information content (AvgIpc) is 3.04. The van der Waals surface area contributed by atoms with Gasteiger partial charge in [0.15, 0.2) is 0 Å². The van der Waals surface area contributed by atoms with E-state index in [2.05, 4.69) is 30.3 Å². The van der Waals surface area contributed by atoms with E-state index < -0.39 is 0 Å². The Morgan fingerprint density at radius 1 is 1.35 bits per heavy atom. The zero-order chi connectivity index (χ0) is 18.5. The third kappa shape index (κ3) is 4.86. The maximum Gasteiger partial charge on any atom is 0.223 e. The van der Waals surface area contributed by atoms with Crippen LogP contribution in [0.25, 0.3) is 0 Å². The fraction of sp³-hybridized carbons (Fsp3) is 0.800. The van der Waals surface area contributed by atoms with Crippen LogP contribution in [0.5, 0.6) is 0 Å². The third-order valence-corrected chi connectivity index (χ3v) is 5.56. The summed E-state index contributed by atoms with van der Waals surface area (Å²) in [5.41, 5.74) is 2.35. The Balaban J connectivity index is 1.55. The first-order valence-electron chi connectivity index (χ1n) is 10.1. The molecule has 1 fully saturated rings. The first-order valence-corrected chi connectivity index (χ1v) is 10.1. The molecular weight excluding hydrogens is 328 g/mol. The van der Waals surface area contributed by atoms with E-state index in [1.54, 1.807) is 7.11 Å². The van der Waals surface area contributed by atoms with Crippen molar-refractivity contribution in [1.29, 1.82) is 0 Å². The van der Waals surface area contributed by atoms with E-state index in [1.165, 1.54) is 5.56 Å². The normalized spacial score (nSPS) is 21.8. The maximum absolute atomic E-state index is 12.8. The second-order valence-corrected chi connectivity index (χ2v) is 8.22. The van der Waals surface area contributed by atoms with E-state index in [4.69, 9.17) is 9.84 Å². The van der Waals surface area contributed by atoms with Crippen LogP contribution >= 0.6 is 0 Å². The Kier molecular flexibility index (Phi) is 6.70. The van der Waals surface area contributed by atoms with Gasteiger partial charge < -0.3 is 15.0 Å². The number of methoxy groups -OCH3 is 1. The number of aryl methyl sites for hydroxylation is 1. The summed E-state index contributed by atoms with van der Waals surface area (Å²) < 4.78 is 7.11. The number of nitrogens with one attached hydrogen (secondary N) is 1. The largest absolute Gasteiger partial charge is 0.383 e. The van der Waals surface area contributed by atoms with Crippen molar-refractivity contribution in [2.45, 2.75) is 58.5 Å². The zero-order valence-electron chi connectivity index (χ0n) is 16.5. The highest BCUT2D eigenvalue weighted by atomic mass is 16.5. The number of carbonyl (C=O) groups is 1. The molecule has 0 unspecified atom stereocenters. The summed E-state index contributed by atoms with van der Waals surface area (Å²) in [7, 11) is 1.71. The monoisotopic (exact) mass is 362 g/mol. The smallest absolute Gasteiger partial charge is 0.223 e.